The van der Waals surface area contributed by atoms with Crippen LogP contribution >= 0.6 is 11.8 Å². The lowest BCUT2D eigenvalue weighted by Gasteiger charge is -2.20. The minimum atomic E-state index is -0.162. The molecule has 0 spiro atoms. The Balaban J connectivity index is 2.56. The second kappa shape index (κ2) is 6.28. The number of rotatable bonds is 4. The van der Waals surface area contributed by atoms with Gasteiger partial charge in [-0.2, -0.15) is 0 Å². The van der Waals surface area contributed by atoms with E-state index in [2.05, 4.69) is 31.3 Å². The zero-order valence-corrected chi connectivity index (χ0v) is 12.7. The van der Waals surface area contributed by atoms with Crippen molar-refractivity contribution in [3.8, 4) is 0 Å². The number of hydrogen-bond donors (Lipinski definition) is 1. The minimum absolute atomic E-state index is 0.0757. The number of carbonyl (C=O) groups is 1. The second-order valence-electron chi connectivity index (χ2n) is 5.79. The molecule has 1 amide bonds. The van der Waals surface area contributed by atoms with Crippen LogP contribution in [0.1, 0.15) is 40.2 Å². The van der Waals surface area contributed by atoms with E-state index >= 15 is 0 Å². The summed E-state index contributed by atoms with van der Waals surface area (Å²) < 4.78 is 0. The Morgan fingerprint density at radius 3 is 2.22 bits per heavy atom. The molecule has 0 saturated heterocycles. The van der Waals surface area contributed by atoms with Crippen molar-refractivity contribution >= 4 is 17.7 Å². The molecule has 18 heavy (non-hydrogen) atoms. The van der Waals surface area contributed by atoms with Gasteiger partial charge in [0.25, 0.3) is 0 Å². The maximum atomic E-state index is 11.8. The molecule has 1 aromatic carbocycles. The van der Waals surface area contributed by atoms with Crippen molar-refractivity contribution in [2.24, 2.45) is 0 Å². The summed E-state index contributed by atoms with van der Waals surface area (Å²) in [5, 5.41) is 3.55. The molecule has 0 bridgehead atoms. The first-order chi connectivity index (χ1) is 8.26. The molecule has 1 aromatic rings. The maximum absolute atomic E-state index is 11.8. The van der Waals surface area contributed by atoms with Crippen molar-refractivity contribution in [1.29, 1.82) is 0 Å². The summed E-state index contributed by atoms with van der Waals surface area (Å²) in [6, 6.07) is 8.24. The van der Waals surface area contributed by atoms with Gasteiger partial charge in [0, 0.05) is 15.7 Å². The Labute approximate surface area is 115 Å². The fraction of sp³-hybridized carbons (Fsp3) is 0.533. The van der Waals surface area contributed by atoms with Crippen molar-refractivity contribution in [2.75, 3.05) is 0 Å². The SMILES string of the molecule is CC(C)Sc1ccc(CC(=O)NC(C)(C)C)cc1. The van der Waals surface area contributed by atoms with Crippen LogP contribution in [0.25, 0.3) is 0 Å². The van der Waals surface area contributed by atoms with Gasteiger partial charge in [0.05, 0.1) is 6.42 Å². The van der Waals surface area contributed by atoms with E-state index in [1.807, 2.05) is 44.7 Å². The smallest absolute Gasteiger partial charge is 0.224 e. The third-order valence-electron chi connectivity index (χ3n) is 2.17. The first-order valence-electron chi connectivity index (χ1n) is 6.33. The summed E-state index contributed by atoms with van der Waals surface area (Å²) in [5.41, 5.74) is 0.898. The number of carbonyl (C=O) groups excluding carboxylic acids is 1. The minimum Gasteiger partial charge on any atom is -0.351 e. The Morgan fingerprint density at radius 1 is 1.22 bits per heavy atom. The molecule has 3 heteroatoms. The zero-order chi connectivity index (χ0) is 13.8. The van der Waals surface area contributed by atoms with Gasteiger partial charge in [0.1, 0.15) is 0 Å². The van der Waals surface area contributed by atoms with E-state index in [0.29, 0.717) is 11.7 Å². The number of thioether (sulfide) groups is 1. The number of benzene rings is 1. The van der Waals surface area contributed by atoms with Gasteiger partial charge >= 0.3 is 0 Å². The van der Waals surface area contributed by atoms with Crippen LogP contribution in [0.3, 0.4) is 0 Å². The average molecular weight is 265 g/mol. The van der Waals surface area contributed by atoms with Crippen LogP contribution in [0.15, 0.2) is 29.2 Å². The van der Waals surface area contributed by atoms with Gasteiger partial charge in [-0.1, -0.05) is 26.0 Å². The van der Waals surface area contributed by atoms with Crippen LogP contribution in [0.4, 0.5) is 0 Å². The summed E-state index contributed by atoms with van der Waals surface area (Å²) in [6.07, 6.45) is 0.448. The predicted octanol–water partition coefficient (Wildman–Crippen LogP) is 3.64. The van der Waals surface area contributed by atoms with Crippen molar-refractivity contribution in [2.45, 2.75) is 56.7 Å². The highest BCUT2D eigenvalue weighted by Crippen LogP contribution is 2.22. The molecule has 0 aromatic heterocycles. The lowest BCUT2D eigenvalue weighted by Crippen LogP contribution is -2.41. The average Bonchev–Trinajstić information content (AvgIpc) is 2.17. The molecule has 0 fully saturated rings. The van der Waals surface area contributed by atoms with Crippen LogP contribution < -0.4 is 5.32 Å². The molecular weight excluding hydrogens is 242 g/mol. The first kappa shape index (κ1) is 15.1. The fourth-order valence-corrected chi connectivity index (χ4v) is 2.44. The first-order valence-corrected chi connectivity index (χ1v) is 7.21. The normalized spacial score (nSPS) is 11.7. The Kier molecular flexibility index (Phi) is 5.27. The van der Waals surface area contributed by atoms with Crippen molar-refractivity contribution in [3.63, 3.8) is 0 Å². The maximum Gasteiger partial charge on any atom is 0.224 e. The molecule has 0 aliphatic heterocycles. The van der Waals surface area contributed by atoms with E-state index < -0.39 is 0 Å². The van der Waals surface area contributed by atoms with E-state index in [1.54, 1.807) is 0 Å². The van der Waals surface area contributed by atoms with Crippen molar-refractivity contribution < 1.29 is 4.79 Å². The van der Waals surface area contributed by atoms with Gasteiger partial charge in [-0.3, -0.25) is 4.79 Å². The number of nitrogens with one attached hydrogen (secondary N) is 1. The molecule has 100 valence electrons. The van der Waals surface area contributed by atoms with Gasteiger partial charge < -0.3 is 5.32 Å². The lowest BCUT2D eigenvalue weighted by molar-refractivity contribution is -0.121. The van der Waals surface area contributed by atoms with Gasteiger partial charge in [-0.25, -0.2) is 0 Å². The largest absolute Gasteiger partial charge is 0.351 e. The third-order valence-corrected chi connectivity index (χ3v) is 3.19. The summed E-state index contributed by atoms with van der Waals surface area (Å²) in [5.74, 6) is 0.0757. The highest BCUT2D eigenvalue weighted by Gasteiger charge is 2.13. The van der Waals surface area contributed by atoms with E-state index in [4.69, 9.17) is 0 Å². The van der Waals surface area contributed by atoms with Crippen molar-refractivity contribution in [3.05, 3.63) is 29.8 Å². The molecule has 0 unspecified atom stereocenters. The summed E-state index contributed by atoms with van der Waals surface area (Å²) in [6.45, 7) is 10.3. The monoisotopic (exact) mass is 265 g/mol. The van der Waals surface area contributed by atoms with E-state index in [9.17, 15) is 4.79 Å². The van der Waals surface area contributed by atoms with Crippen LogP contribution in [0.2, 0.25) is 0 Å². The summed E-state index contributed by atoms with van der Waals surface area (Å²) >= 11 is 1.84. The molecule has 0 atom stereocenters. The molecule has 0 aliphatic rings. The zero-order valence-electron chi connectivity index (χ0n) is 11.9. The number of amides is 1. The highest BCUT2D eigenvalue weighted by molar-refractivity contribution is 7.99. The molecule has 0 heterocycles. The third kappa shape index (κ3) is 6.10. The Morgan fingerprint density at radius 2 is 1.78 bits per heavy atom. The molecular formula is C15H23NOS. The molecule has 0 saturated carbocycles. The Bertz CT molecular complexity index is 390. The quantitative estimate of drug-likeness (QED) is 0.842. The molecule has 0 radical (unpaired) electrons. The van der Waals surface area contributed by atoms with Gasteiger partial charge in [-0.05, 0) is 38.5 Å². The van der Waals surface area contributed by atoms with Crippen molar-refractivity contribution in [1.82, 2.24) is 5.32 Å². The topological polar surface area (TPSA) is 29.1 Å². The highest BCUT2D eigenvalue weighted by atomic mass is 32.2. The van der Waals surface area contributed by atoms with Crippen LogP contribution in [0, 0.1) is 0 Å². The van der Waals surface area contributed by atoms with E-state index in [-0.39, 0.29) is 11.4 Å². The van der Waals surface area contributed by atoms with E-state index in [0.717, 1.165) is 5.56 Å². The van der Waals surface area contributed by atoms with Gasteiger partial charge in [-0.15, -0.1) is 11.8 Å². The van der Waals surface area contributed by atoms with Crippen LogP contribution in [-0.4, -0.2) is 16.7 Å². The predicted molar refractivity (Wildman–Crippen MR) is 79.0 cm³/mol. The molecule has 1 rings (SSSR count). The molecule has 2 nitrogen and oxygen atoms in total. The standard InChI is InChI=1S/C15H23NOS/c1-11(2)18-13-8-6-12(7-9-13)10-14(17)16-15(3,4)5/h6-9,11H,10H2,1-5H3,(H,16,17). The van der Waals surface area contributed by atoms with Gasteiger partial charge in [0.15, 0.2) is 0 Å². The van der Waals surface area contributed by atoms with Crippen LogP contribution in [0.5, 0.6) is 0 Å². The summed E-state index contributed by atoms with van der Waals surface area (Å²) in [7, 11) is 0. The second-order valence-corrected chi connectivity index (χ2v) is 7.44. The van der Waals surface area contributed by atoms with Gasteiger partial charge in [0.2, 0.25) is 5.91 Å². The summed E-state index contributed by atoms with van der Waals surface area (Å²) in [4.78, 5) is 13.0. The van der Waals surface area contributed by atoms with Crippen LogP contribution in [-0.2, 0) is 11.2 Å². The fourth-order valence-electron chi connectivity index (χ4n) is 1.61. The van der Waals surface area contributed by atoms with E-state index in [1.165, 1.54) is 4.90 Å². The Hall–Kier alpha value is -0.960. The molecule has 0 aliphatic carbocycles. The molecule has 1 N–H and O–H groups in total. The lowest BCUT2D eigenvalue weighted by atomic mass is 10.1. The number of hydrogen-bond acceptors (Lipinski definition) is 2.